The SMILES string of the molecule is O=c1[nH]c(-c2cncn2C2CC2)nc2c1CSC2. The second kappa shape index (κ2) is 3.71. The summed E-state index contributed by atoms with van der Waals surface area (Å²) in [4.78, 5) is 23.6. The first-order valence-corrected chi connectivity index (χ1v) is 7.20. The first-order chi connectivity index (χ1) is 8.83. The highest BCUT2D eigenvalue weighted by molar-refractivity contribution is 7.98. The molecule has 1 aliphatic carbocycles. The number of aromatic amines is 1. The highest BCUT2D eigenvalue weighted by Crippen LogP contribution is 2.37. The number of aromatic nitrogens is 4. The van der Waals surface area contributed by atoms with E-state index in [1.165, 1.54) is 12.8 Å². The van der Waals surface area contributed by atoms with Crippen LogP contribution < -0.4 is 5.56 Å². The lowest BCUT2D eigenvalue weighted by Crippen LogP contribution is -2.16. The maximum Gasteiger partial charge on any atom is 0.255 e. The Labute approximate surface area is 108 Å². The van der Waals surface area contributed by atoms with Crippen LogP contribution in [0, 0.1) is 0 Å². The Morgan fingerprint density at radius 1 is 1.39 bits per heavy atom. The van der Waals surface area contributed by atoms with Gasteiger partial charge in [0.1, 0.15) is 5.69 Å². The second-order valence-corrected chi connectivity index (χ2v) is 5.74. The molecule has 0 radical (unpaired) electrons. The molecule has 1 fully saturated rings. The van der Waals surface area contributed by atoms with E-state index in [0.29, 0.717) is 11.9 Å². The van der Waals surface area contributed by atoms with Crippen molar-refractivity contribution in [3.63, 3.8) is 0 Å². The van der Waals surface area contributed by atoms with Crippen molar-refractivity contribution in [1.82, 2.24) is 19.5 Å². The molecule has 2 aromatic rings. The van der Waals surface area contributed by atoms with Gasteiger partial charge in [0.15, 0.2) is 5.82 Å². The zero-order valence-corrected chi connectivity index (χ0v) is 10.5. The molecular weight excluding hydrogens is 248 g/mol. The Hall–Kier alpha value is -1.56. The fraction of sp³-hybridized carbons (Fsp3) is 0.417. The van der Waals surface area contributed by atoms with Gasteiger partial charge < -0.3 is 9.55 Å². The number of thioether (sulfide) groups is 1. The molecule has 1 aliphatic heterocycles. The van der Waals surface area contributed by atoms with Gasteiger partial charge in [0.25, 0.3) is 5.56 Å². The van der Waals surface area contributed by atoms with Crippen LogP contribution in [0.1, 0.15) is 30.1 Å². The van der Waals surface area contributed by atoms with Crippen molar-refractivity contribution in [3.05, 3.63) is 34.1 Å². The largest absolute Gasteiger partial charge is 0.325 e. The molecule has 6 heteroatoms. The van der Waals surface area contributed by atoms with Crippen molar-refractivity contribution in [3.8, 4) is 11.5 Å². The molecule has 1 N–H and O–H groups in total. The topological polar surface area (TPSA) is 63.6 Å². The average molecular weight is 260 g/mol. The van der Waals surface area contributed by atoms with Crippen molar-refractivity contribution in [1.29, 1.82) is 0 Å². The van der Waals surface area contributed by atoms with Crippen LogP contribution in [0.2, 0.25) is 0 Å². The number of fused-ring (bicyclic) bond motifs is 1. The predicted molar refractivity (Wildman–Crippen MR) is 69.3 cm³/mol. The van der Waals surface area contributed by atoms with Gasteiger partial charge in [-0.1, -0.05) is 0 Å². The minimum atomic E-state index is 0.00328. The smallest absolute Gasteiger partial charge is 0.255 e. The van der Waals surface area contributed by atoms with Crippen LogP contribution in [0.5, 0.6) is 0 Å². The van der Waals surface area contributed by atoms with E-state index in [4.69, 9.17) is 0 Å². The summed E-state index contributed by atoms with van der Waals surface area (Å²) in [5.74, 6) is 2.27. The van der Waals surface area contributed by atoms with E-state index < -0.39 is 0 Å². The van der Waals surface area contributed by atoms with Crippen LogP contribution in [0.3, 0.4) is 0 Å². The molecule has 92 valence electrons. The maximum atomic E-state index is 12.0. The van der Waals surface area contributed by atoms with Crippen molar-refractivity contribution < 1.29 is 0 Å². The van der Waals surface area contributed by atoms with Gasteiger partial charge in [-0.05, 0) is 12.8 Å². The summed E-state index contributed by atoms with van der Waals surface area (Å²) < 4.78 is 2.12. The molecule has 2 aliphatic rings. The Morgan fingerprint density at radius 3 is 3.11 bits per heavy atom. The van der Waals surface area contributed by atoms with E-state index in [0.717, 1.165) is 28.5 Å². The van der Waals surface area contributed by atoms with E-state index in [1.807, 2.05) is 6.33 Å². The van der Waals surface area contributed by atoms with Gasteiger partial charge in [0.2, 0.25) is 0 Å². The molecule has 0 unspecified atom stereocenters. The summed E-state index contributed by atoms with van der Waals surface area (Å²) >= 11 is 1.74. The summed E-state index contributed by atoms with van der Waals surface area (Å²) in [7, 11) is 0. The van der Waals surface area contributed by atoms with Gasteiger partial charge in [0.05, 0.1) is 18.2 Å². The third kappa shape index (κ3) is 1.52. The zero-order valence-electron chi connectivity index (χ0n) is 9.72. The number of H-pyrrole nitrogens is 1. The average Bonchev–Trinajstić information content (AvgIpc) is 2.92. The van der Waals surface area contributed by atoms with Crippen LogP contribution in [0.25, 0.3) is 11.5 Å². The van der Waals surface area contributed by atoms with E-state index >= 15 is 0 Å². The van der Waals surface area contributed by atoms with Gasteiger partial charge in [-0.25, -0.2) is 9.97 Å². The molecule has 1 saturated carbocycles. The highest BCUT2D eigenvalue weighted by Gasteiger charge is 2.27. The van der Waals surface area contributed by atoms with Crippen LogP contribution in [-0.4, -0.2) is 19.5 Å². The molecule has 3 heterocycles. The maximum absolute atomic E-state index is 12.0. The highest BCUT2D eigenvalue weighted by atomic mass is 32.2. The standard InChI is InChI=1S/C12H12N4OS/c17-12-8-4-18-5-9(8)14-11(15-12)10-3-13-6-16(10)7-1-2-7/h3,6-7H,1-2,4-5H2,(H,14,15,17). The van der Waals surface area contributed by atoms with Crippen LogP contribution in [-0.2, 0) is 11.5 Å². The van der Waals surface area contributed by atoms with Gasteiger partial charge in [-0.15, -0.1) is 0 Å². The number of nitrogens with one attached hydrogen (secondary N) is 1. The minimum absolute atomic E-state index is 0.00328. The normalized spacial score (nSPS) is 18.0. The van der Waals surface area contributed by atoms with Gasteiger partial charge >= 0.3 is 0 Å². The first kappa shape index (κ1) is 10.4. The van der Waals surface area contributed by atoms with Crippen molar-refractivity contribution in [2.45, 2.75) is 30.4 Å². The minimum Gasteiger partial charge on any atom is -0.325 e. The van der Waals surface area contributed by atoms with Gasteiger partial charge in [-0.3, -0.25) is 4.79 Å². The van der Waals surface area contributed by atoms with Crippen LogP contribution in [0.4, 0.5) is 0 Å². The lowest BCUT2D eigenvalue weighted by molar-refractivity contribution is 0.742. The molecule has 18 heavy (non-hydrogen) atoms. The lowest BCUT2D eigenvalue weighted by Gasteiger charge is -2.06. The summed E-state index contributed by atoms with van der Waals surface area (Å²) in [5, 5.41) is 0. The molecule has 0 atom stereocenters. The number of imidazole rings is 1. The fourth-order valence-electron chi connectivity index (χ4n) is 2.32. The van der Waals surface area contributed by atoms with Crippen molar-refractivity contribution >= 4 is 11.8 Å². The molecule has 0 saturated heterocycles. The molecular formula is C12H12N4OS. The molecule has 0 amide bonds. The molecule has 4 rings (SSSR count). The number of rotatable bonds is 2. The molecule has 5 nitrogen and oxygen atoms in total. The summed E-state index contributed by atoms with van der Waals surface area (Å²) in [6, 6.07) is 0.537. The third-order valence-corrected chi connectivity index (χ3v) is 4.41. The quantitative estimate of drug-likeness (QED) is 0.893. The molecule has 0 spiro atoms. The predicted octanol–water partition coefficient (Wildman–Crippen LogP) is 1.72. The van der Waals surface area contributed by atoms with Crippen LogP contribution >= 0.6 is 11.8 Å². The number of nitrogens with zero attached hydrogens (tertiary/aromatic N) is 3. The second-order valence-electron chi connectivity index (χ2n) is 4.75. The Balaban J connectivity index is 1.87. The lowest BCUT2D eigenvalue weighted by atomic mass is 10.2. The van der Waals surface area contributed by atoms with E-state index in [2.05, 4.69) is 19.5 Å². The van der Waals surface area contributed by atoms with E-state index in [9.17, 15) is 4.79 Å². The van der Waals surface area contributed by atoms with Gasteiger partial charge in [0, 0.05) is 23.1 Å². The number of hydrogen-bond donors (Lipinski definition) is 1. The summed E-state index contributed by atoms with van der Waals surface area (Å²) in [6.45, 7) is 0. The molecule has 2 aromatic heterocycles. The third-order valence-electron chi connectivity index (χ3n) is 3.44. The molecule has 0 bridgehead atoms. The number of hydrogen-bond acceptors (Lipinski definition) is 4. The Bertz CT molecular complexity index is 671. The Kier molecular flexibility index (Phi) is 2.14. The van der Waals surface area contributed by atoms with E-state index in [-0.39, 0.29) is 5.56 Å². The van der Waals surface area contributed by atoms with E-state index in [1.54, 1.807) is 18.0 Å². The van der Waals surface area contributed by atoms with Crippen molar-refractivity contribution in [2.75, 3.05) is 0 Å². The summed E-state index contributed by atoms with van der Waals surface area (Å²) in [5.41, 5.74) is 2.70. The summed E-state index contributed by atoms with van der Waals surface area (Å²) in [6.07, 6.45) is 5.99. The first-order valence-electron chi connectivity index (χ1n) is 6.05. The fourth-order valence-corrected chi connectivity index (χ4v) is 3.35. The van der Waals surface area contributed by atoms with Crippen LogP contribution in [0.15, 0.2) is 17.3 Å². The Morgan fingerprint density at radius 2 is 2.28 bits per heavy atom. The zero-order chi connectivity index (χ0) is 12.1. The molecule has 0 aromatic carbocycles. The van der Waals surface area contributed by atoms with Gasteiger partial charge in [-0.2, -0.15) is 11.8 Å². The monoisotopic (exact) mass is 260 g/mol. The van der Waals surface area contributed by atoms with Crippen molar-refractivity contribution in [2.24, 2.45) is 0 Å².